The molecule has 4 aromatic rings. The predicted molar refractivity (Wildman–Crippen MR) is 138 cm³/mol. The lowest BCUT2D eigenvalue weighted by Gasteiger charge is -2.39. The van der Waals surface area contributed by atoms with Crippen molar-refractivity contribution in [2.24, 2.45) is 0 Å². The number of nitrogens with zero attached hydrogens (tertiary/aromatic N) is 2. The molecule has 0 heterocycles. The molecule has 0 saturated carbocycles. The van der Waals surface area contributed by atoms with E-state index in [0.717, 1.165) is 24.3 Å². The first-order valence-electron chi connectivity index (χ1n) is 12.7. The Balaban J connectivity index is 2.01. The van der Waals surface area contributed by atoms with Crippen molar-refractivity contribution in [3.8, 4) is 35.1 Å². The number of hydrogen-bond acceptors (Lipinski definition) is 4. The minimum absolute atomic E-state index is 0.262. The number of nitriles is 2. The smallest absolute Gasteiger partial charge is 0.416 e. The van der Waals surface area contributed by atoms with Gasteiger partial charge in [0.2, 0.25) is 5.41 Å². The Labute approximate surface area is 256 Å². The molecular formula is C31H14F12N2O2. The molecule has 4 nitrogen and oxygen atoms in total. The Morgan fingerprint density at radius 1 is 0.468 bits per heavy atom. The van der Waals surface area contributed by atoms with Crippen LogP contribution in [0.5, 0.6) is 23.0 Å². The Bertz CT molecular complexity index is 1740. The molecular weight excluding hydrogens is 660 g/mol. The van der Waals surface area contributed by atoms with Crippen LogP contribution in [0.3, 0.4) is 0 Å². The summed E-state index contributed by atoms with van der Waals surface area (Å²) in [6, 6.07) is 10.7. The van der Waals surface area contributed by atoms with Crippen LogP contribution in [0.25, 0.3) is 0 Å². The number of para-hydroxylation sites is 2. The summed E-state index contributed by atoms with van der Waals surface area (Å²) in [6.45, 7) is 0. The molecule has 0 saturated heterocycles. The van der Waals surface area contributed by atoms with Gasteiger partial charge in [-0.3, -0.25) is 0 Å². The highest BCUT2D eigenvalue weighted by Gasteiger charge is 2.74. The van der Waals surface area contributed by atoms with Gasteiger partial charge in [0, 0.05) is 11.1 Å². The van der Waals surface area contributed by atoms with Crippen molar-refractivity contribution in [1.29, 1.82) is 10.5 Å². The Kier molecular flexibility index (Phi) is 8.87. The maximum absolute atomic E-state index is 15.1. The fourth-order valence-corrected chi connectivity index (χ4v) is 4.67. The summed E-state index contributed by atoms with van der Waals surface area (Å²) in [5.41, 5.74) is -12.8. The third-order valence-electron chi connectivity index (χ3n) is 6.61. The van der Waals surface area contributed by atoms with Crippen molar-refractivity contribution in [2.45, 2.75) is 30.1 Å². The van der Waals surface area contributed by atoms with Gasteiger partial charge in [0.05, 0.1) is 34.4 Å². The molecule has 16 heteroatoms. The number of halogens is 12. The average Bonchev–Trinajstić information content (AvgIpc) is 2.96. The summed E-state index contributed by atoms with van der Waals surface area (Å²) in [4.78, 5) is 0. The minimum atomic E-state index is -6.32. The molecule has 0 fully saturated rings. The van der Waals surface area contributed by atoms with E-state index in [1.165, 1.54) is 12.1 Å². The van der Waals surface area contributed by atoms with E-state index in [1.54, 1.807) is 0 Å². The highest BCUT2D eigenvalue weighted by Crippen LogP contribution is 2.60. The van der Waals surface area contributed by atoms with Crippen LogP contribution < -0.4 is 9.47 Å². The second-order valence-corrected chi connectivity index (χ2v) is 9.65. The number of ether oxygens (including phenoxy) is 2. The summed E-state index contributed by atoms with van der Waals surface area (Å²) in [6.07, 6.45) is -22.8. The van der Waals surface area contributed by atoms with E-state index in [-0.39, 0.29) is 12.1 Å². The standard InChI is InChI=1S/C31H14F12N2O2/c32-28(33,34)19-9-17(15-44)11-21(13-19)46-25-7-3-1-5-23(25)27(30(38,39)40,31(41,42)43)24-6-2-4-8-26(24)47-22-12-18(16-45)10-20(14-22)29(35,36)37/h1-14H. The largest absolute Gasteiger partial charge is 0.457 e. The maximum atomic E-state index is 15.1. The minimum Gasteiger partial charge on any atom is -0.457 e. The molecule has 0 aliphatic rings. The van der Waals surface area contributed by atoms with Crippen LogP contribution in [-0.4, -0.2) is 12.4 Å². The van der Waals surface area contributed by atoms with Gasteiger partial charge in [-0.15, -0.1) is 0 Å². The summed E-state index contributed by atoms with van der Waals surface area (Å²) >= 11 is 0. The van der Waals surface area contributed by atoms with Crippen molar-refractivity contribution in [3.05, 3.63) is 118 Å². The van der Waals surface area contributed by atoms with Gasteiger partial charge in [0.1, 0.15) is 23.0 Å². The van der Waals surface area contributed by atoms with E-state index in [4.69, 9.17) is 20.0 Å². The highest BCUT2D eigenvalue weighted by atomic mass is 19.4. The molecule has 4 rings (SSSR count). The Morgan fingerprint density at radius 2 is 0.809 bits per heavy atom. The molecule has 0 bridgehead atoms. The lowest BCUT2D eigenvalue weighted by molar-refractivity contribution is -0.289. The van der Waals surface area contributed by atoms with Crippen molar-refractivity contribution in [1.82, 2.24) is 0 Å². The van der Waals surface area contributed by atoms with Gasteiger partial charge in [-0.25, -0.2) is 0 Å². The van der Waals surface area contributed by atoms with Crippen molar-refractivity contribution < 1.29 is 62.2 Å². The van der Waals surface area contributed by atoms with Crippen LogP contribution in [0, 0.1) is 22.7 Å². The summed E-state index contributed by atoms with van der Waals surface area (Å²) < 4.78 is 182. The summed E-state index contributed by atoms with van der Waals surface area (Å²) in [7, 11) is 0. The van der Waals surface area contributed by atoms with Crippen LogP contribution in [0.1, 0.15) is 33.4 Å². The van der Waals surface area contributed by atoms with Gasteiger partial charge in [-0.05, 0) is 48.5 Å². The fraction of sp³-hybridized carbons (Fsp3) is 0.161. The Morgan fingerprint density at radius 3 is 1.11 bits per heavy atom. The SMILES string of the molecule is N#Cc1cc(Oc2ccccc2C(c2ccccc2Oc2cc(C#N)cc(C(F)(F)F)c2)(C(F)(F)F)C(F)(F)F)cc(C(F)(F)F)c1. The van der Waals surface area contributed by atoms with Crippen LogP contribution >= 0.6 is 0 Å². The van der Waals surface area contributed by atoms with E-state index < -0.39 is 86.5 Å². The number of alkyl halides is 12. The van der Waals surface area contributed by atoms with Crippen LogP contribution in [-0.2, 0) is 17.8 Å². The van der Waals surface area contributed by atoms with E-state index in [9.17, 15) is 26.3 Å². The zero-order valence-corrected chi connectivity index (χ0v) is 22.8. The number of hydrogen-bond donors (Lipinski definition) is 0. The number of benzene rings is 4. The molecule has 0 unspecified atom stereocenters. The molecule has 0 atom stereocenters. The maximum Gasteiger partial charge on any atom is 0.416 e. The van der Waals surface area contributed by atoms with Crippen LogP contribution in [0.15, 0.2) is 84.9 Å². The van der Waals surface area contributed by atoms with Gasteiger partial charge in [0.15, 0.2) is 0 Å². The average molecular weight is 674 g/mol. The van der Waals surface area contributed by atoms with Crippen LogP contribution in [0.4, 0.5) is 52.7 Å². The molecule has 0 aliphatic carbocycles. The first-order valence-corrected chi connectivity index (χ1v) is 12.7. The first kappa shape index (κ1) is 34.5. The molecule has 0 spiro atoms. The van der Waals surface area contributed by atoms with E-state index in [1.807, 2.05) is 0 Å². The van der Waals surface area contributed by atoms with E-state index in [2.05, 4.69) is 0 Å². The lowest BCUT2D eigenvalue weighted by atomic mass is 9.72. The molecule has 0 N–H and O–H groups in total. The molecule has 244 valence electrons. The van der Waals surface area contributed by atoms with E-state index >= 15 is 26.3 Å². The zero-order valence-electron chi connectivity index (χ0n) is 22.8. The van der Waals surface area contributed by atoms with Crippen molar-refractivity contribution >= 4 is 0 Å². The van der Waals surface area contributed by atoms with Crippen molar-refractivity contribution in [3.63, 3.8) is 0 Å². The third kappa shape index (κ3) is 6.77. The number of rotatable bonds is 6. The van der Waals surface area contributed by atoms with E-state index in [0.29, 0.717) is 48.5 Å². The summed E-state index contributed by atoms with van der Waals surface area (Å²) in [5.74, 6) is -4.32. The van der Waals surface area contributed by atoms with Gasteiger partial charge in [-0.1, -0.05) is 36.4 Å². The third-order valence-corrected chi connectivity index (χ3v) is 6.61. The zero-order chi connectivity index (χ0) is 35.0. The second kappa shape index (κ2) is 12.1. The lowest BCUT2D eigenvalue weighted by Crippen LogP contribution is -2.55. The second-order valence-electron chi connectivity index (χ2n) is 9.65. The van der Waals surface area contributed by atoms with Gasteiger partial charge >= 0.3 is 24.7 Å². The topological polar surface area (TPSA) is 66.0 Å². The van der Waals surface area contributed by atoms with Gasteiger partial charge < -0.3 is 9.47 Å². The van der Waals surface area contributed by atoms with Gasteiger partial charge in [-0.2, -0.15) is 63.2 Å². The molecule has 0 aliphatic heterocycles. The monoisotopic (exact) mass is 674 g/mol. The quantitative estimate of drug-likeness (QED) is 0.191. The molecule has 0 aromatic heterocycles. The summed E-state index contributed by atoms with van der Waals surface area (Å²) in [5, 5.41) is 18.3. The highest BCUT2D eigenvalue weighted by molar-refractivity contribution is 5.57. The molecule has 0 amide bonds. The predicted octanol–water partition coefficient (Wildman–Crippen LogP) is 10.5. The molecule has 0 radical (unpaired) electrons. The fourth-order valence-electron chi connectivity index (χ4n) is 4.67. The normalized spacial score (nSPS) is 12.6. The molecule has 47 heavy (non-hydrogen) atoms. The van der Waals surface area contributed by atoms with Gasteiger partial charge in [0.25, 0.3) is 0 Å². The van der Waals surface area contributed by atoms with Crippen LogP contribution in [0.2, 0.25) is 0 Å². The Hall–Kier alpha value is -5.38. The van der Waals surface area contributed by atoms with Crippen molar-refractivity contribution in [2.75, 3.05) is 0 Å². The first-order chi connectivity index (χ1) is 21.7. The molecule has 4 aromatic carbocycles.